The number of nitrogens with one attached hydrogen (secondary N) is 1. The van der Waals surface area contributed by atoms with Gasteiger partial charge in [-0.25, -0.2) is 4.79 Å². The second kappa shape index (κ2) is 10.2. The summed E-state index contributed by atoms with van der Waals surface area (Å²) < 4.78 is 4.87. The lowest BCUT2D eigenvalue weighted by molar-refractivity contribution is -0.171. The van der Waals surface area contributed by atoms with Crippen LogP contribution in [0.1, 0.15) is 57.7 Å². The predicted octanol–water partition coefficient (Wildman–Crippen LogP) is 4.07. The summed E-state index contributed by atoms with van der Waals surface area (Å²) in [7, 11) is 1.31. The van der Waals surface area contributed by atoms with Crippen LogP contribution in [0.4, 0.5) is 4.79 Å². The van der Waals surface area contributed by atoms with Crippen LogP contribution in [0.2, 0.25) is 0 Å². The van der Waals surface area contributed by atoms with Crippen molar-refractivity contribution in [1.29, 1.82) is 0 Å². The van der Waals surface area contributed by atoms with E-state index in [1.54, 1.807) is 16.1 Å². The number of benzene rings is 1. The number of nitrogens with zero attached hydrogens (tertiary/aromatic N) is 3. The zero-order valence-corrected chi connectivity index (χ0v) is 23.2. The zero-order valence-electron chi connectivity index (χ0n) is 23.2. The number of aryl methyl sites for hydroxylation is 1. The summed E-state index contributed by atoms with van der Waals surface area (Å²) in [6, 6.07) is 7.74. The van der Waals surface area contributed by atoms with Gasteiger partial charge in [-0.15, -0.1) is 0 Å². The van der Waals surface area contributed by atoms with E-state index in [2.05, 4.69) is 41.5 Å². The molecule has 208 valence electrons. The Bertz CT molecular complexity index is 1290. The van der Waals surface area contributed by atoms with E-state index in [1.165, 1.54) is 31.2 Å². The van der Waals surface area contributed by atoms with Gasteiger partial charge in [0.25, 0.3) is 5.91 Å². The Kier molecular flexibility index (Phi) is 7.07. The Morgan fingerprint density at radius 1 is 1.26 bits per heavy atom. The van der Waals surface area contributed by atoms with E-state index in [9.17, 15) is 19.8 Å². The molecule has 0 saturated carbocycles. The van der Waals surface area contributed by atoms with Crippen molar-refractivity contribution < 1.29 is 24.5 Å². The minimum absolute atomic E-state index is 0.00236. The van der Waals surface area contributed by atoms with Crippen molar-refractivity contribution in [2.75, 3.05) is 13.7 Å². The Balaban J connectivity index is 1.76. The van der Waals surface area contributed by atoms with Crippen molar-refractivity contribution >= 4 is 12.0 Å². The average Bonchev–Trinajstić information content (AvgIpc) is 3.05. The third kappa shape index (κ3) is 4.63. The first kappa shape index (κ1) is 27.0. The summed E-state index contributed by atoms with van der Waals surface area (Å²) in [6.07, 6.45) is 9.11. The number of hydrogen-bond acceptors (Lipinski definition) is 7. The first-order chi connectivity index (χ1) is 18.5. The lowest BCUT2D eigenvalue weighted by Crippen LogP contribution is -2.68. The minimum atomic E-state index is -1.70. The Hall–Kier alpha value is -3.56. The fourth-order valence-electron chi connectivity index (χ4n) is 6.21. The van der Waals surface area contributed by atoms with Crippen LogP contribution in [0.3, 0.4) is 0 Å². The molecule has 0 aromatic heterocycles. The van der Waals surface area contributed by atoms with Crippen molar-refractivity contribution in [3.63, 3.8) is 0 Å². The van der Waals surface area contributed by atoms with Crippen LogP contribution in [0.5, 0.6) is 0 Å². The molecule has 2 aliphatic heterocycles. The SMILES string of the molecule is COC(=O)NCC1N(C(C)C)C(=O)C2=C(O)C(C)(O)C=CN2N1C1C2=C(CCc3ccccc31)CC(C)C=C2. The van der Waals surface area contributed by atoms with Crippen molar-refractivity contribution in [3.05, 3.63) is 82.4 Å². The van der Waals surface area contributed by atoms with E-state index in [0.29, 0.717) is 5.92 Å². The number of hydrogen-bond donors (Lipinski definition) is 3. The fourth-order valence-corrected chi connectivity index (χ4v) is 6.21. The molecule has 1 aromatic rings. The van der Waals surface area contributed by atoms with Gasteiger partial charge in [-0.1, -0.05) is 48.9 Å². The van der Waals surface area contributed by atoms with E-state index in [4.69, 9.17) is 4.74 Å². The third-order valence-electron chi connectivity index (χ3n) is 8.14. The van der Waals surface area contributed by atoms with Crippen LogP contribution >= 0.6 is 0 Å². The second-order valence-corrected chi connectivity index (χ2v) is 11.2. The van der Waals surface area contributed by atoms with Crippen molar-refractivity contribution in [2.24, 2.45) is 5.92 Å². The van der Waals surface area contributed by atoms with Gasteiger partial charge in [-0.2, -0.15) is 5.01 Å². The highest BCUT2D eigenvalue weighted by molar-refractivity contribution is 5.95. The Morgan fingerprint density at radius 2 is 2.00 bits per heavy atom. The Morgan fingerprint density at radius 3 is 2.72 bits per heavy atom. The molecule has 1 saturated heterocycles. The molecule has 0 radical (unpaired) electrons. The van der Waals surface area contributed by atoms with Crippen LogP contribution in [0.25, 0.3) is 0 Å². The van der Waals surface area contributed by atoms with Crippen molar-refractivity contribution in [1.82, 2.24) is 20.2 Å². The third-order valence-corrected chi connectivity index (χ3v) is 8.14. The number of methoxy groups -OCH3 is 1. The first-order valence-electron chi connectivity index (χ1n) is 13.6. The fraction of sp³-hybridized carbons (Fsp3) is 0.467. The van der Waals surface area contributed by atoms with Crippen LogP contribution in [0, 0.1) is 5.92 Å². The number of fused-ring (bicyclic) bond motifs is 2. The number of rotatable bonds is 4. The molecule has 0 spiro atoms. The summed E-state index contributed by atoms with van der Waals surface area (Å²) in [5.41, 5.74) is 3.15. The number of allylic oxidation sites excluding steroid dienone is 2. The summed E-state index contributed by atoms with van der Waals surface area (Å²) in [4.78, 5) is 27.9. The maximum absolute atomic E-state index is 14.0. The highest BCUT2D eigenvalue weighted by atomic mass is 16.5. The molecule has 39 heavy (non-hydrogen) atoms. The molecular formula is C30H38N4O5. The highest BCUT2D eigenvalue weighted by Crippen LogP contribution is 2.47. The number of aliphatic hydroxyl groups excluding tert-OH is 1. The van der Waals surface area contributed by atoms with E-state index in [1.807, 2.05) is 26.0 Å². The number of aliphatic hydroxyl groups is 2. The molecule has 2 amide bonds. The normalized spacial score (nSPS) is 28.8. The van der Waals surface area contributed by atoms with Gasteiger partial charge in [0.2, 0.25) is 0 Å². The van der Waals surface area contributed by atoms with E-state index in [0.717, 1.165) is 30.4 Å². The first-order valence-corrected chi connectivity index (χ1v) is 13.6. The molecule has 2 heterocycles. The van der Waals surface area contributed by atoms with E-state index in [-0.39, 0.29) is 24.3 Å². The standard InChI is InChI=1S/C30H38N4O5/c1-18(2)33-24(17-31-29(37)39-5)34(32-15-14-30(4,38)27(35)26(32)28(33)36)25-22-9-7-6-8-20(22)11-12-21-16-19(3)10-13-23(21)25/h6-10,13-15,18-19,24-25,35,38H,11-12,16-17H2,1-5H3,(H,31,37). The van der Waals surface area contributed by atoms with Crippen LogP contribution in [-0.2, 0) is 16.0 Å². The number of ether oxygens (including phenoxy) is 1. The number of alkyl carbamates (subject to hydrolysis) is 1. The smallest absolute Gasteiger partial charge is 0.406 e. The maximum atomic E-state index is 14.0. The van der Waals surface area contributed by atoms with E-state index >= 15 is 0 Å². The zero-order chi connectivity index (χ0) is 28.1. The number of carbonyl (C=O) groups excluding carboxylic acids is 2. The second-order valence-electron chi connectivity index (χ2n) is 11.2. The van der Waals surface area contributed by atoms with Gasteiger partial charge < -0.3 is 25.2 Å². The molecule has 9 heteroatoms. The van der Waals surface area contributed by atoms with Gasteiger partial charge in [0.1, 0.15) is 11.8 Å². The summed E-state index contributed by atoms with van der Waals surface area (Å²) in [5.74, 6) is -0.417. The molecule has 2 aliphatic carbocycles. The topological polar surface area (TPSA) is 106 Å². The van der Waals surface area contributed by atoms with Crippen molar-refractivity contribution in [2.45, 2.75) is 70.8 Å². The van der Waals surface area contributed by atoms with Crippen LogP contribution in [0.15, 0.2) is 71.3 Å². The van der Waals surface area contributed by atoms with Gasteiger partial charge in [0.15, 0.2) is 11.5 Å². The lowest BCUT2D eigenvalue weighted by Gasteiger charge is -2.55. The van der Waals surface area contributed by atoms with E-state index < -0.39 is 29.5 Å². The number of amides is 2. The maximum Gasteiger partial charge on any atom is 0.406 e. The van der Waals surface area contributed by atoms with Gasteiger partial charge >= 0.3 is 6.09 Å². The van der Waals surface area contributed by atoms with Gasteiger partial charge in [0.05, 0.1) is 19.7 Å². The Labute approximate surface area is 229 Å². The quantitative estimate of drug-likeness (QED) is 0.535. The van der Waals surface area contributed by atoms with Crippen molar-refractivity contribution in [3.8, 4) is 0 Å². The predicted molar refractivity (Wildman–Crippen MR) is 147 cm³/mol. The van der Waals surface area contributed by atoms with Gasteiger partial charge in [-0.3, -0.25) is 9.80 Å². The summed E-state index contributed by atoms with van der Waals surface area (Å²) >= 11 is 0. The molecule has 9 nitrogen and oxygen atoms in total. The summed E-state index contributed by atoms with van der Waals surface area (Å²) in [5, 5.41) is 28.7. The van der Waals surface area contributed by atoms with Gasteiger partial charge in [0, 0.05) is 12.2 Å². The molecule has 0 bridgehead atoms. The average molecular weight is 535 g/mol. The lowest BCUT2D eigenvalue weighted by atomic mass is 9.84. The molecule has 3 N–H and O–H groups in total. The number of carbonyl (C=O) groups is 2. The molecule has 4 unspecified atom stereocenters. The molecule has 1 aromatic carbocycles. The largest absolute Gasteiger partial charge is 0.507 e. The molecule has 1 fully saturated rings. The molecular weight excluding hydrogens is 496 g/mol. The minimum Gasteiger partial charge on any atom is -0.507 e. The monoisotopic (exact) mass is 534 g/mol. The van der Waals surface area contributed by atoms with Crippen LogP contribution < -0.4 is 5.32 Å². The summed E-state index contributed by atoms with van der Waals surface area (Å²) in [6.45, 7) is 7.56. The molecule has 4 atom stereocenters. The molecule has 4 aliphatic rings. The number of hydrazine groups is 1. The molecule has 5 rings (SSSR count). The highest BCUT2D eigenvalue weighted by Gasteiger charge is 2.51. The van der Waals surface area contributed by atoms with Gasteiger partial charge in [-0.05, 0) is 68.7 Å². The van der Waals surface area contributed by atoms with Crippen LogP contribution in [-0.4, -0.2) is 68.6 Å².